The molecule has 0 saturated carbocycles. The average molecular weight is 398 g/mol. The van der Waals surface area contributed by atoms with Gasteiger partial charge in [0, 0.05) is 6.54 Å². The van der Waals surface area contributed by atoms with Gasteiger partial charge in [0.2, 0.25) is 0 Å². The van der Waals surface area contributed by atoms with Crippen molar-refractivity contribution in [3.05, 3.63) is 12.7 Å². The van der Waals surface area contributed by atoms with Gasteiger partial charge in [0.1, 0.15) is 0 Å². The Hall–Kier alpha value is 0.0500. The first-order valence-corrected chi connectivity index (χ1v) is 12.9. The first-order chi connectivity index (χ1) is 13.3. The van der Waals surface area contributed by atoms with Crippen LogP contribution in [-0.4, -0.2) is 30.3 Å². The molecule has 0 aromatic rings. The molecule has 0 bridgehead atoms. The number of thiol groups is 1. The van der Waals surface area contributed by atoms with Crippen LogP contribution in [0.15, 0.2) is 12.7 Å². The molecule has 0 unspecified atom stereocenters. The molecular formula is C25H51NS. The Bertz CT molecular complexity index is 279. The van der Waals surface area contributed by atoms with Crippen molar-refractivity contribution in [2.45, 2.75) is 122 Å². The molecule has 0 amide bonds. The zero-order valence-corrected chi connectivity index (χ0v) is 19.6. The van der Waals surface area contributed by atoms with Gasteiger partial charge < -0.3 is 4.90 Å². The summed E-state index contributed by atoms with van der Waals surface area (Å²) in [6.07, 6.45) is 27.3. The van der Waals surface area contributed by atoms with Gasteiger partial charge in [-0.3, -0.25) is 0 Å². The summed E-state index contributed by atoms with van der Waals surface area (Å²) in [6.45, 7) is 9.95. The highest BCUT2D eigenvalue weighted by Gasteiger charge is 2.03. The topological polar surface area (TPSA) is 3.24 Å². The van der Waals surface area contributed by atoms with Crippen LogP contribution in [0.1, 0.15) is 122 Å². The molecule has 0 spiro atoms. The van der Waals surface area contributed by atoms with Crippen molar-refractivity contribution in [3.63, 3.8) is 0 Å². The third kappa shape index (κ3) is 22.2. The second kappa shape index (κ2) is 24.1. The fraction of sp³-hybridized carbons (Fsp3) is 0.920. The molecule has 0 aliphatic carbocycles. The highest BCUT2D eigenvalue weighted by atomic mass is 32.1. The lowest BCUT2D eigenvalue weighted by Crippen LogP contribution is -2.27. The van der Waals surface area contributed by atoms with E-state index in [0.717, 1.165) is 12.2 Å². The van der Waals surface area contributed by atoms with Crippen molar-refractivity contribution in [2.75, 3.05) is 25.4 Å². The van der Waals surface area contributed by atoms with E-state index in [9.17, 15) is 0 Å². The third-order valence-electron chi connectivity index (χ3n) is 5.61. The maximum atomic E-state index is 4.30. The number of hydrogen-bond acceptors (Lipinski definition) is 2. The Balaban J connectivity index is 3.44. The Kier molecular flexibility index (Phi) is 24.1. The van der Waals surface area contributed by atoms with E-state index in [0.29, 0.717) is 0 Å². The molecule has 0 atom stereocenters. The van der Waals surface area contributed by atoms with Crippen molar-refractivity contribution in [1.29, 1.82) is 0 Å². The van der Waals surface area contributed by atoms with Crippen LogP contribution < -0.4 is 0 Å². The minimum atomic E-state index is 1.04. The average Bonchev–Trinajstić information content (AvgIpc) is 2.68. The van der Waals surface area contributed by atoms with Crippen LogP contribution in [0, 0.1) is 0 Å². The van der Waals surface area contributed by atoms with Crippen molar-refractivity contribution in [3.8, 4) is 0 Å². The molecule has 0 saturated heterocycles. The number of unbranched alkanes of at least 4 members (excludes halogenated alkanes) is 15. The zero-order valence-electron chi connectivity index (χ0n) is 18.7. The van der Waals surface area contributed by atoms with Gasteiger partial charge in [-0.25, -0.2) is 0 Å². The van der Waals surface area contributed by atoms with Crippen LogP contribution in [0.3, 0.4) is 0 Å². The first-order valence-electron chi connectivity index (χ1n) is 12.3. The van der Waals surface area contributed by atoms with E-state index in [1.165, 1.54) is 129 Å². The minimum Gasteiger partial charge on any atom is -0.303 e. The summed E-state index contributed by atoms with van der Waals surface area (Å²) in [5.41, 5.74) is 0. The molecule has 0 aliphatic heterocycles. The lowest BCUT2D eigenvalue weighted by Gasteiger charge is -2.21. The smallest absolute Gasteiger partial charge is 0.00158 e. The maximum absolute atomic E-state index is 4.30. The molecule has 0 fully saturated rings. The molecule has 0 aromatic carbocycles. The van der Waals surface area contributed by atoms with E-state index >= 15 is 0 Å². The molecule has 162 valence electrons. The van der Waals surface area contributed by atoms with Crippen molar-refractivity contribution in [2.24, 2.45) is 0 Å². The Labute approximate surface area is 178 Å². The fourth-order valence-electron chi connectivity index (χ4n) is 3.76. The predicted octanol–water partition coefficient (Wildman–Crippen LogP) is 8.45. The lowest BCUT2D eigenvalue weighted by atomic mass is 10.0. The predicted molar refractivity (Wildman–Crippen MR) is 129 cm³/mol. The first kappa shape index (κ1) is 27.0. The van der Waals surface area contributed by atoms with E-state index in [1.807, 2.05) is 0 Å². The Morgan fingerprint density at radius 1 is 0.593 bits per heavy atom. The molecule has 0 rings (SSSR count). The van der Waals surface area contributed by atoms with Crippen LogP contribution in [0.4, 0.5) is 0 Å². The number of hydrogen-bond donors (Lipinski definition) is 1. The molecule has 0 radical (unpaired) electrons. The standard InChI is InChI=1S/C25H51NS/c1-3-5-7-8-9-10-11-12-13-14-15-16-19-23-26(22-6-4-2)24-20-17-18-21-25-27/h4,27H,2-3,5-25H2,1H3. The highest BCUT2D eigenvalue weighted by molar-refractivity contribution is 7.80. The largest absolute Gasteiger partial charge is 0.303 e. The summed E-state index contributed by atoms with van der Waals surface area (Å²) in [4.78, 5) is 2.67. The number of rotatable bonds is 23. The molecule has 0 aliphatic rings. The monoisotopic (exact) mass is 397 g/mol. The van der Waals surface area contributed by atoms with Crippen LogP contribution in [0.25, 0.3) is 0 Å². The number of nitrogens with zero attached hydrogens (tertiary/aromatic N) is 1. The zero-order chi connectivity index (χ0) is 19.8. The van der Waals surface area contributed by atoms with E-state index in [4.69, 9.17) is 0 Å². The van der Waals surface area contributed by atoms with Gasteiger partial charge in [-0.2, -0.15) is 12.6 Å². The molecule has 1 nitrogen and oxygen atoms in total. The summed E-state index contributed by atoms with van der Waals surface area (Å²) < 4.78 is 0. The Morgan fingerprint density at radius 2 is 1.00 bits per heavy atom. The van der Waals surface area contributed by atoms with E-state index in [1.54, 1.807) is 0 Å². The Morgan fingerprint density at radius 3 is 1.41 bits per heavy atom. The summed E-state index contributed by atoms with van der Waals surface area (Å²) >= 11 is 4.30. The summed E-state index contributed by atoms with van der Waals surface area (Å²) in [7, 11) is 0. The van der Waals surface area contributed by atoms with Gasteiger partial charge >= 0.3 is 0 Å². The van der Waals surface area contributed by atoms with Crippen LogP contribution in [0.2, 0.25) is 0 Å². The van der Waals surface area contributed by atoms with Gasteiger partial charge in [0.15, 0.2) is 0 Å². The maximum Gasteiger partial charge on any atom is 0.00158 e. The van der Waals surface area contributed by atoms with Crippen molar-refractivity contribution < 1.29 is 0 Å². The van der Waals surface area contributed by atoms with E-state index in [2.05, 4.69) is 37.1 Å². The normalized spacial score (nSPS) is 11.4. The summed E-state index contributed by atoms with van der Waals surface area (Å²) in [5.74, 6) is 1.04. The van der Waals surface area contributed by atoms with E-state index in [-0.39, 0.29) is 0 Å². The van der Waals surface area contributed by atoms with Crippen LogP contribution in [-0.2, 0) is 0 Å². The van der Waals surface area contributed by atoms with E-state index < -0.39 is 0 Å². The second-order valence-corrected chi connectivity index (χ2v) is 8.75. The third-order valence-corrected chi connectivity index (χ3v) is 5.93. The minimum absolute atomic E-state index is 1.04. The lowest BCUT2D eigenvalue weighted by molar-refractivity contribution is 0.265. The van der Waals surface area contributed by atoms with Crippen LogP contribution >= 0.6 is 12.6 Å². The highest BCUT2D eigenvalue weighted by Crippen LogP contribution is 2.13. The van der Waals surface area contributed by atoms with Crippen LogP contribution in [0.5, 0.6) is 0 Å². The van der Waals surface area contributed by atoms with Gasteiger partial charge in [-0.15, -0.1) is 6.58 Å². The molecule has 27 heavy (non-hydrogen) atoms. The van der Waals surface area contributed by atoms with Gasteiger partial charge in [0.25, 0.3) is 0 Å². The summed E-state index contributed by atoms with van der Waals surface area (Å²) in [5, 5.41) is 0. The molecule has 2 heteroatoms. The molecule has 0 N–H and O–H groups in total. The van der Waals surface area contributed by atoms with Gasteiger partial charge in [-0.05, 0) is 44.5 Å². The quantitative estimate of drug-likeness (QED) is 0.103. The van der Waals surface area contributed by atoms with Crippen molar-refractivity contribution in [1.82, 2.24) is 4.90 Å². The summed E-state index contributed by atoms with van der Waals surface area (Å²) in [6, 6.07) is 0. The van der Waals surface area contributed by atoms with Gasteiger partial charge in [-0.1, -0.05) is 103 Å². The molecule has 0 aromatic heterocycles. The van der Waals surface area contributed by atoms with Crippen molar-refractivity contribution >= 4 is 12.6 Å². The SMILES string of the molecule is C=CCCN(CCCCCCS)CCCCCCCCCCCCCCC. The van der Waals surface area contributed by atoms with Gasteiger partial charge in [0.05, 0.1) is 0 Å². The second-order valence-electron chi connectivity index (χ2n) is 8.30. The fourth-order valence-corrected chi connectivity index (χ4v) is 3.99. The molecular weight excluding hydrogens is 346 g/mol. The molecule has 0 heterocycles.